The van der Waals surface area contributed by atoms with E-state index >= 15 is 0 Å². The molecule has 2 aromatic rings. The van der Waals surface area contributed by atoms with Gasteiger partial charge < -0.3 is 14.8 Å². The summed E-state index contributed by atoms with van der Waals surface area (Å²) in [6, 6.07) is 11.3. The monoisotopic (exact) mass is 419 g/mol. The molecular formula is C15H12F2INO3. The first kappa shape index (κ1) is 16.5. The lowest BCUT2D eigenvalue weighted by Gasteiger charge is -2.12. The van der Waals surface area contributed by atoms with Crippen molar-refractivity contribution in [1.29, 1.82) is 0 Å². The minimum Gasteiger partial charge on any atom is -0.493 e. The largest absolute Gasteiger partial charge is 0.493 e. The van der Waals surface area contributed by atoms with E-state index in [1.807, 2.05) is 6.07 Å². The highest BCUT2D eigenvalue weighted by Crippen LogP contribution is 2.31. The fourth-order valence-electron chi connectivity index (χ4n) is 1.78. The number of carbonyl (C=O) groups is 1. The molecule has 0 unspecified atom stereocenters. The number of methoxy groups -OCH3 is 1. The van der Waals surface area contributed by atoms with Crippen LogP contribution in [-0.4, -0.2) is 19.6 Å². The second-order valence-corrected chi connectivity index (χ2v) is 5.45. The highest BCUT2D eigenvalue weighted by Gasteiger charge is 2.13. The Morgan fingerprint density at radius 2 is 1.95 bits per heavy atom. The molecular weight excluding hydrogens is 407 g/mol. The van der Waals surface area contributed by atoms with Crippen molar-refractivity contribution in [1.82, 2.24) is 0 Å². The number of halogens is 3. The molecule has 0 heterocycles. The van der Waals surface area contributed by atoms with E-state index in [1.165, 1.54) is 19.2 Å². The molecule has 1 N–H and O–H groups in total. The number of alkyl halides is 2. The first-order chi connectivity index (χ1) is 10.5. The first-order valence-electron chi connectivity index (χ1n) is 6.19. The van der Waals surface area contributed by atoms with E-state index in [2.05, 4.69) is 32.6 Å². The Balaban J connectivity index is 2.20. The maximum absolute atomic E-state index is 12.4. The fourth-order valence-corrected chi connectivity index (χ4v) is 2.32. The van der Waals surface area contributed by atoms with Crippen molar-refractivity contribution in [3.63, 3.8) is 0 Å². The van der Waals surface area contributed by atoms with Crippen LogP contribution in [0.5, 0.6) is 11.5 Å². The Kier molecular flexibility index (Phi) is 5.53. The lowest BCUT2D eigenvalue weighted by atomic mass is 10.2. The first-order valence-corrected chi connectivity index (χ1v) is 7.27. The summed E-state index contributed by atoms with van der Waals surface area (Å²) in [4.78, 5) is 12.1. The zero-order valence-corrected chi connectivity index (χ0v) is 13.6. The zero-order chi connectivity index (χ0) is 16.1. The molecule has 0 aliphatic rings. The molecule has 0 aliphatic heterocycles. The van der Waals surface area contributed by atoms with E-state index in [0.717, 1.165) is 3.57 Å². The van der Waals surface area contributed by atoms with Crippen LogP contribution < -0.4 is 14.8 Å². The van der Waals surface area contributed by atoms with Gasteiger partial charge in [-0.3, -0.25) is 4.79 Å². The van der Waals surface area contributed by atoms with Gasteiger partial charge in [0.25, 0.3) is 5.91 Å². The molecule has 0 spiro atoms. The van der Waals surface area contributed by atoms with Crippen molar-refractivity contribution < 1.29 is 23.0 Å². The molecule has 2 rings (SSSR count). The topological polar surface area (TPSA) is 47.6 Å². The SMILES string of the molecule is COc1ccc(NC(=O)c2cccc(I)c2)cc1OC(F)F. The summed E-state index contributed by atoms with van der Waals surface area (Å²) in [7, 11) is 1.35. The Morgan fingerprint density at radius 1 is 1.18 bits per heavy atom. The van der Waals surface area contributed by atoms with Crippen LogP contribution >= 0.6 is 22.6 Å². The van der Waals surface area contributed by atoms with Crippen molar-refractivity contribution >= 4 is 34.2 Å². The number of anilines is 1. The number of ether oxygens (including phenoxy) is 2. The van der Waals surface area contributed by atoms with Crippen LogP contribution in [0.15, 0.2) is 42.5 Å². The van der Waals surface area contributed by atoms with Crippen molar-refractivity contribution in [3.8, 4) is 11.5 Å². The van der Waals surface area contributed by atoms with Gasteiger partial charge in [0.1, 0.15) is 0 Å². The number of carbonyl (C=O) groups excluding carboxylic acids is 1. The highest BCUT2D eigenvalue weighted by atomic mass is 127. The molecule has 0 saturated carbocycles. The van der Waals surface area contributed by atoms with Gasteiger partial charge in [0.15, 0.2) is 11.5 Å². The van der Waals surface area contributed by atoms with Gasteiger partial charge in [-0.25, -0.2) is 0 Å². The smallest absolute Gasteiger partial charge is 0.387 e. The molecule has 0 radical (unpaired) electrons. The van der Waals surface area contributed by atoms with Crippen molar-refractivity contribution in [2.75, 3.05) is 12.4 Å². The van der Waals surface area contributed by atoms with Gasteiger partial charge in [-0.1, -0.05) is 6.07 Å². The molecule has 1 amide bonds. The summed E-state index contributed by atoms with van der Waals surface area (Å²) in [5.74, 6) is -0.322. The second-order valence-electron chi connectivity index (χ2n) is 4.21. The number of benzene rings is 2. The molecule has 7 heteroatoms. The number of amides is 1. The molecule has 0 fully saturated rings. The van der Waals surface area contributed by atoms with E-state index in [-0.39, 0.29) is 17.4 Å². The van der Waals surface area contributed by atoms with Crippen LogP contribution in [-0.2, 0) is 0 Å². The summed E-state index contributed by atoms with van der Waals surface area (Å²) in [6.07, 6.45) is 0. The number of hydrogen-bond acceptors (Lipinski definition) is 3. The third-order valence-electron chi connectivity index (χ3n) is 2.72. The van der Waals surface area contributed by atoms with E-state index in [9.17, 15) is 13.6 Å². The number of nitrogens with one attached hydrogen (secondary N) is 1. The third kappa shape index (κ3) is 4.30. The van der Waals surface area contributed by atoms with Gasteiger partial charge in [-0.05, 0) is 52.9 Å². The Hall–Kier alpha value is -1.90. The molecule has 0 saturated heterocycles. The zero-order valence-electron chi connectivity index (χ0n) is 11.5. The van der Waals surface area contributed by atoms with E-state index in [4.69, 9.17) is 4.74 Å². The summed E-state index contributed by atoms with van der Waals surface area (Å²) < 4.78 is 35.0. The van der Waals surface area contributed by atoms with E-state index in [1.54, 1.807) is 24.3 Å². The van der Waals surface area contributed by atoms with Gasteiger partial charge in [-0.15, -0.1) is 0 Å². The summed E-state index contributed by atoms with van der Waals surface area (Å²) in [6.45, 7) is -2.98. The van der Waals surface area contributed by atoms with Crippen LogP contribution in [0.3, 0.4) is 0 Å². The molecule has 116 valence electrons. The maximum Gasteiger partial charge on any atom is 0.387 e. The van der Waals surface area contributed by atoms with Crippen molar-refractivity contribution in [3.05, 3.63) is 51.6 Å². The van der Waals surface area contributed by atoms with Crippen LogP contribution in [0.1, 0.15) is 10.4 Å². The predicted molar refractivity (Wildman–Crippen MR) is 86.7 cm³/mol. The van der Waals surface area contributed by atoms with Gasteiger partial charge in [0, 0.05) is 20.9 Å². The van der Waals surface area contributed by atoms with Crippen LogP contribution in [0.25, 0.3) is 0 Å². The minimum atomic E-state index is -2.98. The second kappa shape index (κ2) is 7.39. The summed E-state index contributed by atoms with van der Waals surface area (Å²) in [5, 5.41) is 2.63. The lowest BCUT2D eigenvalue weighted by Crippen LogP contribution is -2.12. The number of hydrogen-bond donors (Lipinski definition) is 1. The molecule has 2 aromatic carbocycles. The Morgan fingerprint density at radius 3 is 2.59 bits per heavy atom. The highest BCUT2D eigenvalue weighted by molar-refractivity contribution is 14.1. The average Bonchev–Trinajstić information content (AvgIpc) is 2.47. The Bertz CT molecular complexity index is 680. The van der Waals surface area contributed by atoms with Gasteiger partial charge in [-0.2, -0.15) is 8.78 Å². The molecule has 0 aromatic heterocycles. The predicted octanol–water partition coefficient (Wildman–Crippen LogP) is 4.15. The van der Waals surface area contributed by atoms with Crippen molar-refractivity contribution in [2.24, 2.45) is 0 Å². The van der Waals surface area contributed by atoms with Crippen LogP contribution in [0, 0.1) is 3.57 Å². The van der Waals surface area contributed by atoms with Gasteiger partial charge >= 0.3 is 6.61 Å². The summed E-state index contributed by atoms with van der Waals surface area (Å²) >= 11 is 2.10. The summed E-state index contributed by atoms with van der Waals surface area (Å²) in [5.41, 5.74) is 0.805. The van der Waals surface area contributed by atoms with Gasteiger partial charge in [0.05, 0.1) is 7.11 Å². The molecule has 0 aliphatic carbocycles. The molecule has 0 bridgehead atoms. The molecule has 0 atom stereocenters. The standard InChI is InChI=1S/C15H12F2INO3/c1-21-12-6-5-11(8-13(12)22-15(16)17)19-14(20)9-3-2-4-10(18)7-9/h2-8,15H,1H3,(H,19,20). The lowest BCUT2D eigenvalue weighted by molar-refractivity contribution is -0.0511. The normalized spacial score (nSPS) is 10.4. The maximum atomic E-state index is 12.4. The average molecular weight is 419 g/mol. The van der Waals surface area contributed by atoms with Gasteiger partial charge in [0.2, 0.25) is 0 Å². The fraction of sp³-hybridized carbons (Fsp3) is 0.133. The minimum absolute atomic E-state index is 0.141. The molecule has 22 heavy (non-hydrogen) atoms. The van der Waals surface area contributed by atoms with Crippen LogP contribution in [0.4, 0.5) is 14.5 Å². The van der Waals surface area contributed by atoms with E-state index < -0.39 is 6.61 Å². The van der Waals surface area contributed by atoms with Crippen molar-refractivity contribution in [2.45, 2.75) is 6.61 Å². The van der Waals surface area contributed by atoms with Crippen LogP contribution in [0.2, 0.25) is 0 Å². The Labute approximate surface area is 139 Å². The van der Waals surface area contributed by atoms with E-state index in [0.29, 0.717) is 11.3 Å². The third-order valence-corrected chi connectivity index (χ3v) is 3.40. The number of rotatable bonds is 5. The molecule has 4 nitrogen and oxygen atoms in total. The quantitative estimate of drug-likeness (QED) is 0.741.